The number of carbonyl (C=O) groups excluding carboxylic acids is 1. The van der Waals surface area contributed by atoms with Gasteiger partial charge >= 0.3 is 0 Å². The molecule has 1 heterocycles. The first-order valence-electron chi connectivity index (χ1n) is 5.54. The highest BCUT2D eigenvalue weighted by Crippen LogP contribution is 2.18. The fraction of sp³-hybridized carbons (Fsp3) is 0.462. The molecule has 3 heteroatoms. The van der Waals surface area contributed by atoms with E-state index in [1.165, 1.54) is 0 Å². The maximum atomic E-state index is 11.3. The summed E-state index contributed by atoms with van der Waals surface area (Å²) in [6, 6.07) is 7.89. The van der Waals surface area contributed by atoms with Crippen LogP contribution in [0.25, 0.3) is 0 Å². The minimum atomic E-state index is 0.0355. The molecule has 16 heavy (non-hydrogen) atoms. The molecular formula is C13H16O3. The van der Waals surface area contributed by atoms with Crippen LogP contribution >= 0.6 is 0 Å². The molecule has 0 bridgehead atoms. The van der Waals surface area contributed by atoms with Crippen LogP contribution in [-0.2, 0) is 16.0 Å². The van der Waals surface area contributed by atoms with Crippen LogP contribution in [0.3, 0.4) is 0 Å². The molecule has 0 aromatic heterocycles. The maximum absolute atomic E-state index is 11.3. The van der Waals surface area contributed by atoms with Gasteiger partial charge in [0.2, 0.25) is 0 Å². The van der Waals surface area contributed by atoms with Gasteiger partial charge in [-0.25, -0.2) is 0 Å². The van der Waals surface area contributed by atoms with Gasteiger partial charge in [-0.1, -0.05) is 12.1 Å². The Kier molecular flexibility index (Phi) is 3.57. The van der Waals surface area contributed by atoms with E-state index in [1.54, 1.807) is 7.11 Å². The van der Waals surface area contributed by atoms with Crippen LogP contribution in [0.1, 0.15) is 18.4 Å². The molecule has 0 spiro atoms. The Morgan fingerprint density at radius 1 is 1.50 bits per heavy atom. The van der Waals surface area contributed by atoms with E-state index in [-0.39, 0.29) is 6.10 Å². The molecule has 1 atom stereocenters. The lowest BCUT2D eigenvalue weighted by Crippen LogP contribution is -2.27. The topological polar surface area (TPSA) is 35.5 Å². The molecule has 1 unspecified atom stereocenters. The number of Topliss-reactive ketones (excluding diaryl/α,β-unsaturated/α-hetero) is 1. The van der Waals surface area contributed by atoms with Gasteiger partial charge in [0.15, 0.2) is 0 Å². The van der Waals surface area contributed by atoms with Gasteiger partial charge in [0.05, 0.1) is 19.8 Å². The van der Waals surface area contributed by atoms with Gasteiger partial charge < -0.3 is 9.47 Å². The molecule has 0 saturated carbocycles. The van der Waals surface area contributed by atoms with Crippen molar-refractivity contribution in [2.45, 2.75) is 25.4 Å². The second-order valence-electron chi connectivity index (χ2n) is 4.04. The van der Waals surface area contributed by atoms with E-state index in [0.29, 0.717) is 25.2 Å². The van der Waals surface area contributed by atoms with Crippen molar-refractivity contribution in [3.8, 4) is 5.75 Å². The second kappa shape index (κ2) is 5.12. The number of benzene rings is 1. The third-order valence-corrected chi connectivity index (χ3v) is 2.79. The SMILES string of the molecule is COc1cccc(CC2CC(=O)CCO2)c1. The van der Waals surface area contributed by atoms with Crippen molar-refractivity contribution in [2.75, 3.05) is 13.7 Å². The maximum Gasteiger partial charge on any atom is 0.137 e. The Morgan fingerprint density at radius 2 is 2.38 bits per heavy atom. The monoisotopic (exact) mass is 220 g/mol. The lowest BCUT2D eigenvalue weighted by Gasteiger charge is -2.21. The lowest BCUT2D eigenvalue weighted by atomic mass is 10.0. The molecule has 0 N–H and O–H groups in total. The molecule has 1 saturated heterocycles. The molecule has 86 valence electrons. The summed E-state index contributed by atoms with van der Waals surface area (Å²) < 4.78 is 10.7. The zero-order valence-electron chi connectivity index (χ0n) is 9.44. The normalized spacial score (nSPS) is 20.8. The number of ketones is 1. The number of carbonyl (C=O) groups is 1. The summed E-state index contributed by atoms with van der Waals surface area (Å²) in [6.45, 7) is 0.563. The third-order valence-electron chi connectivity index (χ3n) is 2.79. The van der Waals surface area contributed by atoms with E-state index >= 15 is 0 Å². The van der Waals surface area contributed by atoms with E-state index in [1.807, 2.05) is 24.3 Å². The number of methoxy groups -OCH3 is 1. The smallest absolute Gasteiger partial charge is 0.137 e. The van der Waals surface area contributed by atoms with Crippen molar-refractivity contribution >= 4 is 5.78 Å². The summed E-state index contributed by atoms with van der Waals surface area (Å²) in [6.07, 6.45) is 1.92. The first-order chi connectivity index (χ1) is 7.78. The second-order valence-corrected chi connectivity index (χ2v) is 4.04. The Morgan fingerprint density at radius 3 is 3.12 bits per heavy atom. The van der Waals surface area contributed by atoms with Gasteiger partial charge in [-0.15, -0.1) is 0 Å². The molecule has 0 aliphatic carbocycles. The van der Waals surface area contributed by atoms with Gasteiger partial charge in [0.25, 0.3) is 0 Å². The Bertz CT molecular complexity index is 373. The molecule has 1 aliphatic heterocycles. The summed E-state index contributed by atoms with van der Waals surface area (Å²) in [5.41, 5.74) is 1.15. The van der Waals surface area contributed by atoms with E-state index in [2.05, 4.69) is 0 Å². The standard InChI is InChI=1S/C13H16O3/c1-15-12-4-2-3-10(7-12)8-13-9-11(14)5-6-16-13/h2-4,7,13H,5-6,8-9H2,1H3. The average Bonchev–Trinajstić information content (AvgIpc) is 2.29. The Labute approximate surface area is 95.4 Å². The van der Waals surface area contributed by atoms with Crippen molar-refractivity contribution in [1.29, 1.82) is 0 Å². The molecule has 1 aliphatic rings. The van der Waals surface area contributed by atoms with Gasteiger partial charge in [-0.05, 0) is 24.1 Å². The van der Waals surface area contributed by atoms with E-state index in [0.717, 1.165) is 17.7 Å². The number of hydrogen-bond acceptors (Lipinski definition) is 3. The third kappa shape index (κ3) is 2.83. The average molecular weight is 220 g/mol. The summed E-state index contributed by atoms with van der Waals surface area (Å²) in [5.74, 6) is 1.15. The minimum Gasteiger partial charge on any atom is -0.497 e. The molecule has 1 aromatic rings. The Hall–Kier alpha value is -1.35. The molecule has 1 aromatic carbocycles. The van der Waals surface area contributed by atoms with E-state index in [9.17, 15) is 4.79 Å². The van der Waals surface area contributed by atoms with Crippen LogP contribution in [-0.4, -0.2) is 25.6 Å². The molecule has 3 nitrogen and oxygen atoms in total. The number of ether oxygens (including phenoxy) is 2. The minimum absolute atomic E-state index is 0.0355. The van der Waals surface area contributed by atoms with E-state index in [4.69, 9.17) is 9.47 Å². The van der Waals surface area contributed by atoms with Crippen molar-refractivity contribution < 1.29 is 14.3 Å². The molecule has 2 rings (SSSR count). The van der Waals surface area contributed by atoms with E-state index < -0.39 is 0 Å². The van der Waals surface area contributed by atoms with Crippen LogP contribution in [0.4, 0.5) is 0 Å². The molecule has 1 fully saturated rings. The lowest BCUT2D eigenvalue weighted by molar-refractivity contribution is -0.128. The zero-order valence-corrected chi connectivity index (χ0v) is 9.44. The van der Waals surface area contributed by atoms with Crippen LogP contribution in [0.15, 0.2) is 24.3 Å². The highest BCUT2D eigenvalue weighted by atomic mass is 16.5. The predicted octanol–water partition coefficient (Wildman–Crippen LogP) is 1.99. The molecule has 0 radical (unpaired) electrons. The summed E-state index contributed by atoms with van der Waals surface area (Å²) >= 11 is 0. The summed E-state index contributed by atoms with van der Waals surface area (Å²) in [7, 11) is 1.65. The predicted molar refractivity (Wildman–Crippen MR) is 60.7 cm³/mol. The number of rotatable bonds is 3. The molecular weight excluding hydrogens is 204 g/mol. The van der Waals surface area contributed by atoms with Crippen molar-refractivity contribution in [3.63, 3.8) is 0 Å². The van der Waals surface area contributed by atoms with Crippen LogP contribution in [0.2, 0.25) is 0 Å². The molecule has 0 amide bonds. The fourth-order valence-electron chi connectivity index (χ4n) is 1.95. The zero-order chi connectivity index (χ0) is 11.4. The fourth-order valence-corrected chi connectivity index (χ4v) is 1.95. The van der Waals surface area contributed by atoms with Crippen molar-refractivity contribution in [1.82, 2.24) is 0 Å². The first-order valence-corrected chi connectivity index (χ1v) is 5.54. The first kappa shape index (κ1) is 11.1. The highest BCUT2D eigenvalue weighted by Gasteiger charge is 2.20. The summed E-state index contributed by atoms with van der Waals surface area (Å²) in [5, 5.41) is 0. The van der Waals surface area contributed by atoms with Gasteiger partial charge in [0.1, 0.15) is 11.5 Å². The van der Waals surface area contributed by atoms with Gasteiger partial charge in [-0.3, -0.25) is 4.79 Å². The van der Waals surface area contributed by atoms with Crippen LogP contribution in [0, 0.1) is 0 Å². The Balaban J connectivity index is 1.99. The van der Waals surface area contributed by atoms with Gasteiger partial charge in [0, 0.05) is 12.8 Å². The largest absolute Gasteiger partial charge is 0.497 e. The van der Waals surface area contributed by atoms with Gasteiger partial charge in [-0.2, -0.15) is 0 Å². The van der Waals surface area contributed by atoms with Crippen molar-refractivity contribution in [2.24, 2.45) is 0 Å². The highest BCUT2D eigenvalue weighted by molar-refractivity contribution is 5.79. The van der Waals surface area contributed by atoms with Crippen LogP contribution < -0.4 is 4.74 Å². The van der Waals surface area contributed by atoms with Crippen LogP contribution in [0.5, 0.6) is 5.75 Å². The number of hydrogen-bond donors (Lipinski definition) is 0. The van der Waals surface area contributed by atoms with Crippen molar-refractivity contribution in [3.05, 3.63) is 29.8 Å². The summed E-state index contributed by atoms with van der Waals surface area (Å²) in [4.78, 5) is 11.3. The quantitative estimate of drug-likeness (QED) is 0.781.